The average molecular weight is 2120 g/mol. The number of aromatic carboxylic acids is 2. The maximum atomic E-state index is 14.8. The van der Waals surface area contributed by atoms with Crippen molar-refractivity contribution in [1.82, 2.24) is 0 Å². The number of carboxylic acids is 2. The van der Waals surface area contributed by atoms with Gasteiger partial charge in [0.1, 0.15) is 29.1 Å². The first-order valence-corrected chi connectivity index (χ1v) is 50.6. The minimum atomic E-state index is -1.83. The number of carbonyl (C=O) groups is 10. The number of aliphatic hydroxyl groups excluding tert-OH is 2. The number of nitrogens with two attached hydrogens (primary N) is 1. The van der Waals surface area contributed by atoms with Crippen molar-refractivity contribution in [2.24, 2.45) is 17.8 Å². The van der Waals surface area contributed by atoms with Crippen LogP contribution >= 0.6 is 31.9 Å². The van der Waals surface area contributed by atoms with Gasteiger partial charge in [0.05, 0.1) is 84.1 Å². The van der Waals surface area contributed by atoms with Crippen LogP contribution < -0.4 is 41.7 Å². The number of nitrogens with one attached hydrogen (secondary N) is 4. The number of carbonyl (C=O) groups excluding carboxylic acids is 8. The Bertz CT molecular complexity index is 6260. The summed E-state index contributed by atoms with van der Waals surface area (Å²) in [5.74, 6) is -8.59. The third-order valence-electron chi connectivity index (χ3n) is 25.2. The largest absolute Gasteiger partial charge is 0.478 e. The van der Waals surface area contributed by atoms with Crippen molar-refractivity contribution in [2.75, 3.05) is 129 Å². The number of piperidine rings is 3. The van der Waals surface area contributed by atoms with Crippen molar-refractivity contribution in [3.63, 3.8) is 0 Å². The Hall–Kier alpha value is -13.2. The predicted octanol–water partition coefficient (Wildman–Crippen LogP) is 22.2. The number of aliphatic hydroxyl groups is 2. The second-order valence-electron chi connectivity index (χ2n) is 36.9. The highest BCUT2D eigenvalue weighted by Crippen LogP contribution is 2.39. The highest BCUT2D eigenvalue weighted by molar-refractivity contribution is 9.10. The zero-order valence-corrected chi connectivity index (χ0v) is 87.9. The normalized spacial score (nSPS) is 14.3. The molecule has 3 atom stereocenters. The summed E-state index contributed by atoms with van der Waals surface area (Å²) in [7, 11) is 3.47. The van der Waals surface area contributed by atoms with Gasteiger partial charge in [-0.1, -0.05) is 52.6 Å². The molecule has 10 aromatic rings. The second-order valence-corrected chi connectivity index (χ2v) is 43.5. The number of halogens is 7. The maximum Gasteiger partial charge on any atom is 0.338 e. The molecule has 0 aliphatic carbocycles. The number of aryl methyl sites for hydroxylation is 10. The van der Waals surface area contributed by atoms with Gasteiger partial charge in [-0.3, -0.25) is 19.2 Å². The molecule has 3 fully saturated rings. The average Bonchev–Trinajstić information content (AvgIpc) is 0.802. The topological polar surface area (TPSA) is 382 Å². The molecule has 10 aromatic carbocycles. The number of anilines is 8. The first-order valence-electron chi connectivity index (χ1n) is 46.1. The van der Waals surface area contributed by atoms with Gasteiger partial charge in [0.25, 0.3) is 23.6 Å². The van der Waals surface area contributed by atoms with Crippen LogP contribution in [0.25, 0.3) is 0 Å². The van der Waals surface area contributed by atoms with Crippen molar-refractivity contribution < 1.29 is 114 Å². The highest BCUT2D eigenvalue weighted by atomic mass is 79.9. The van der Waals surface area contributed by atoms with Gasteiger partial charge in [-0.2, -0.15) is 0 Å². The molecule has 3 aliphatic rings. The number of hydrogen-bond acceptors (Lipinski definition) is 21. The molecule has 3 aliphatic heterocycles. The number of rotatable bonds is 22. The van der Waals surface area contributed by atoms with Crippen LogP contribution in [0.15, 0.2) is 161 Å². The summed E-state index contributed by atoms with van der Waals surface area (Å²) in [5.41, 5.74) is 19.4. The van der Waals surface area contributed by atoms with E-state index in [1.165, 1.54) is 95.2 Å². The fraction of sp³-hybridized carbons (Fsp3) is 0.352. The van der Waals surface area contributed by atoms with Crippen LogP contribution in [0.4, 0.5) is 67.5 Å². The molecule has 143 heavy (non-hydrogen) atoms. The minimum absolute atomic E-state index is 0.00649. The summed E-state index contributed by atoms with van der Waals surface area (Å²) >= 11 is 6.25. The van der Waals surface area contributed by atoms with Crippen LogP contribution in [-0.4, -0.2) is 176 Å². The number of amides is 4. The molecule has 3 heterocycles. The zero-order chi connectivity index (χ0) is 106. The number of benzene rings is 10. The molecule has 3 saturated heterocycles. The molecule has 4 amide bonds. The van der Waals surface area contributed by atoms with Gasteiger partial charge >= 0.3 is 35.8 Å². The third-order valence-corrected chi connectivity index (χ3v) is 30.7. The Morgan fingerprint density at radius 1 is 0.371 bits per heavy atom. The van der Waals surface area contributed by atoms with Gasteiger partial charge in [-0.05, 0) is 351 Å². The molecule has 3 unspecified atom stereocenters. The van der Waals surface area contributed by atoms with Gasteiger partial charge in [-0.15, -0.1) is 0 Å². The lowest BCUT2D eigenvalue weighted by Crippen LogP contribution is -2.44. The summed E-state index contributed by atoms with van der Waals surface area (Å²) in [6.07, 6.45) is 5.90. The molecule has 764 valence electrons. The Morgan fingerprint density at radius 2 is 0.615 bits per heavy atom. The Balaban J connectivity index is 0.000000218. The molecule has 10 N–H and O–H groups in total. The number of ether oxygens (including phenoxy) is 4. The molecular weight excluding hydrogens is 2000 g/mol. The Labute approximate surface area is 848 Å². The molecular formula is C108H125Br2F5N8O19Si. The third kappa shape index (κ3) is 31.4. The lowest BCUT2D eigenvalue weighted by Gasteiger charge is -2.40. The van der Waals surface area contributed by atoms with Crippen LogP contribution in [0.3, 0.4) is 0 Å². The van der Waals surface area contributed by atoms with Gasteiger partial charge in [-0.25, -0.2) is 50.7 Å². The van der Waals surface area contributed by atoms with Gasteiger partial charge in [0.2, 0.25) is 0 Å². The predicted molar refractivity (Wildman–Crippen MR) is 555 cm³/mol. The zero-order valence-electron chi connectivity index (χ0n) is 83.7. The second kappa shape index (κ2) is 52.2. The van der Waals surface area contributed by atoms with E-state index < -0.39 is 90.9 Å². The van der Waals surface area contributed by atoms with E-state index in [1.54, 1.807) is 134 Å². The number of esters is 4. The lowest BCUT2D eigenvalue weighted by atomic mass is 9.98. The first kappa shape index (κ1) is 115. The minimum Gasteiger partial charge on any atom is -0.478 e. The number of hydrogen-bond donors (Lipinski definition) is 9. The van der Waals surface area contributed by atoms with Crippen LogP contribution in [0.5, 0.6) is 0 Å². The molecule has 0 aromatic heterocycles. The first-order chi connectivity index (χ1) is 67.4. The van der Waals surface area contributed by atoms with E-state index in [9.17, 15) is 80.1 Å². The number of nitrogens with zero attached hydrogens (tertiary/aromatic N) is 3. The SMILES string of the molecule is COC(=O)c1cc(C)c(N)c(C)c1.COC(=O)c1cc(C)c(NC(=O)c2cc(Br)ccc2F)c(C)c1.COC(=O)c1cc(C)c(NC(=O)c2cc(N3CCCC(CO)C3)ccc2F)c(C)c1.COC(=O)c1cc(C)c(NC(=O)c2cc(N3CCCC(CO[Si](C)(C)C(C)(C)C)C3)ccc2F)c(C)c1.Cc1cc(C(=O)O)cc(C)c1NC(=O)c1cc(N2CCCC(CO)C2)ccc1F.O=C(O)c1cc(Br)ccc1F. The van der Waals surface area contributed by atoms with E-state index >= 15 is 0 Å². The molecule has 0 radical (unpaired) electrons. The Kier molecular flexibility index (Phi) is 42.0. The molecule has 13 rings (SSSR count). The standard InChI is InChI=1S/C29H41FN2O4Si.C23H27FN2O4.C22H25FN2O4.C17H15BrFNO3.C10H13NO2.C7H4BrFO2/c1-19-14-22(28(34)35-6)15-20(2)26(19)31-27(33)24-16-23(11-12-25(24)30)32-13-9-10-21(17-32)18-36-37(7,8)29(3,4)5;1-14-9-17(23(29)30-3)10-15(2)21(14)25-22(28)19-11-18(6-7-20(19)24)26-8-4-5-16(12-26)13-27;1-13-8-16(22(28)29)9-14(2)20(13)24-21(27)18-10-17(5-6-19(18)23)25-7-3-4-15(11-25)12-26;1-9-6-11(17(22)23-3)7-10(2)15(9)20-16(21)13-8-12(18)4-5-14(13)19;1-6-4-8(10(12)13-3)5-7(2)9(6)11;8-4-1-2-6(9)5(3-4)7(10)11/h11-12,14-16,21H,9-10,13,17-18H2,1-8H3,(H,31,33);6-7,9-11,16,27H,4-5,8,12-13H2,1-3H3,(H,25,28);5-6,8-10,15,26H,3-4,7,11-12H2,1-2H3,(H,24,27)(H,28,29);4-8H,1-3H3,(H,20,21);4-5H,11H2,1-3H3;1-3H,(H,10,11). The Morgan fingerprint density at radius 3 is 0.874 bits per heavy atom. The van der Waals surface area contributed by atoms with Crippen LogP contribution in [0.1, 0.15) is 219 Å². The van der Waals surface area contributed by atoms with Crippen LogP contribution in [-0.2, 0) is 23.4 Å². The van der Waals surface area contributed by atoms with Crippen molar-refractivity contribution in [3.05, 3.63) is 301 Å². The van der Waals surface area contributed by atoms with E-state index in [-0.39, 0.29) is 69.4 Å². The van der Waals surface area contributed by atoms with Crippen molar-refractivity contribution in [2.45, 2.75) is 147 Å². The molecule has 35 heteroatoms. The summed E-state index contributed by atoms with van der Waals surface area (Å²) in [6.45, 7) is 34.6. The summed E-state index contributed by atoms with van der Waals surface area (Å²) < 4.78 is 96.5. The monoisotopic (exact) mass is 2120 g/mol. The number of nitrogen functional groups attached to an aromatic ring is 1. The van der Waals surface area contributed by atoms with E-state index in [2.05, 4.69) is 111 Å². The fourth-order valence-electron chi connectivity index (χ4n) is 16.3. The van der Waals surface area contributed by atoms with E-state index in [4.69, 9.17) is 29.8 Å². The fourth-order valence-corrected chi connectivity index (χ4v) is 18.1. The van der Waals surface area contributed by atoms with Crippen molar-refractivity contribution in [1.29, 1.82) is 0 Å². The van der Waals surface area contributed by atoms with Gasteiger partial charge in [0.15, 0.2) is 8.32 Å². The summed E-state index contributed by atoms with van der Waals surface area (Å²) in [5, 5.41) is 47.7. The highest BCUT2D eigenvalue weighted by Gasteiger charge is 2.39. The summed E-state index contributed by atoms with van der Waals surface area (Å²) in [6, 6.07) is 37.8. The van der Waals surface area contributed by atoms with E-state index in [0.29, 0.717) is 117 Å². The van der Waals surface area contributed by atoms with Crippen LogP contribution in [0, 0.1) is 116 Å². The summed E-state index contributed by atoms with van der Waals surface area (Å²) in [4.78, 5) is 125. The number of carboxylic acid groups (broad SMARTS) is 2. The van der Waals surface area contributed by atoms with Crippen LogP contribution in [0.2, 0.25) is 18.1 Å². The van der Waals surface area contributed by atoms with Gasteiger partial charge in [0, 0.05) is 114 Å². The quantitative estimate of drug-likeness (QED) is 0.0100. The smallest absolute Gasteiger partial charge is 0.338 e. The molecule has 27 nitrogen and oxygen atoms in total. The van der Waals surface area contributed by atoms with Crippen molar-refractivity contribution in [3.8, 4) is 0 Å². The molecule has 0 bridgehead atoms. The number of methoxy groups -OCH3 is 4. The van der Waals surface area contributed by atoms with E-state index in [0.717, 1.165) is 111 Å². The maximum absolute atomic E-state index is 14.8. The van der Waals surface area contributed by atoms with E-state index in [1.807, 2.05) is 13.8 Å². The molecule has 0 saturated carbocycles. The van der Waals surface area contributed by atoms with Gasteiger partial charge < -0.3 is 85.5 Å². The lowest BCUT2D eigenvalue weighted by molar-refractivity contribution is 0.0591. The van der Waals surface area contributed by atoms with Crippen molar-refractivity contribution >= 4 is 145 Å². The molecule has 0 spiro atoms.